The van der Waals surface area contributed by atoms with Crippen LogP contribution in [0.25, 0.3) is 11.1 Å². The van der Waals surface area contributed by atoms with Crippen LogP contribution in [0.15, 0.2) is 42.5 Å². The molecule has 0 N–H and O–H groups in total. The summed E-state index contributed by atoms with van der Waals surface area (Å²) >= 11 is 0. The van der Waals surface area contributed by atoms with Crippen LogP contribution < -0.4 is 4.74 Å². The van der Waals surface area contributed by atoms with E-state index in [9.17, 15) is 9.59 Å². The third kappa shape index (κ3) is 3.32. The Balaban J connectivity index is 1.96. The number of carbonyl (C=O) groups excluding carboxylic acids is 2. The Labute approximate surface area is 142 Å². The Kier molecular flexibility index (Phi) is 4.65. The molecule has 0 spiro atoms. The van der Waals surface area contributed by atoms with Gasteiger partial charge in [0.2, 0.25) is 5.91 Å². The maximum absolute atomic E-state index is 11.8. The monoisotopic (exact) mass is 323 g/mol. The molecule has 0 atom stereocenters. The number of ketones is 1. The summed E-state index contributed by atoms with van der Waals surface area (Å²) in [6, 6.07) is 13.5. The van der Waals surface area contributed by atoms with Crippen molar-refractivity contribution in [2.24, 2.45) is 0 Å². The van der Waals surface area contributed by atoms with Gasteiger partial charge in [-0.05, 0) is 42.7 Å². The van der Waals surface area contributed by atoms with E-state index in [-0.39, 0.29) is 11.7 Å². The molecule has 4 nitrogen and oxygen atoms in total. The highest BCUT2D eigenvalue weighted by Gasteiger charge is 2.20. The van der Waals surface area contributed by atoms with E-state index >= 15 is 0 Å². The number of rotatable bonds is 5. The molecule has 124 valence electrons. The molecule has 1 aliphatic rings. The molecule has 4 heteroatoms. The second-order valence-corrected chi connectivity index (χ2v) is 6.09. The van der Waals surface area contributed by atoms with Gasteiger partial charge in [-0.15, -0.1) is 0 Å². The predicted molar refractivity (Wildman–Crippen MR) is 93.1 cm³/mol. The molecule has 0 radical (unpaired) electrons. The van der Waals surface area contributed by atoms with Crippen LogP contribution in [0.2, 0.25) is 0 Å². The summed E-state index contributed by atoms with van der Waals surface area (Å²) in [5, 5.41) is 0. The molecular formula is C20H21NO3. The number of likely N-dealkylation sites (tertiary alicyclic amines) is 1. The fraction of sp³-hybridized carbons (Fsp3) is 0.300. The summed E-state index contributed by atoms with van der Waals surface area (Å²) in [5.74, 6) is 1.01. The number of ether oxygens (including phenoxy) is 1. The summed E-state index contributed by atoms with van der Waals surface area (Å²) < 4.78 is 5.48. The highest BCUT2D eigenvalue weighted by Crippen LogP contribution is 2.32. The van der Waals surface area contributed by atoms with Crippen LogP contribution in [0.4, 0.5) is 0 Å². The first kappa shape index (κ1) is 16.2. The van der Waals surface area contributed by atoms with Gasteiger partial charge in [0, 0.05) is 30.6 Å². The van der Waals surface area contributed by atoms with Gasteiger partial charge in [0.1, 0.15) is 5.75 Å². The molecule has 1 amide bonds. The molecule has 0 aromatic heterocycles. The van der Waals surface area contributed by atoms with Gasteiger partial charge in [0.15, 0.2) is 5.78 Å². The van der Waals surface area contributed by atoms with Crippen molar-refractivity contribution in [2.75, 3.05) is 13.7 Å². The van der Waals surface area contributed by atoms with Crippen LogP contribution in [0.3, 0.4) is 0 Å². The van der Waals surface area contributed by atoms with Crippen molar-refractivity contribution in [3.05, 3.63) is 53.6 Å². The lowest BCUT2D eigenvalue weighted by atomic mass is 9.99. The molecule has 1 aliphatic heterocycles. The zero-order valence-corrected chi connectivity index (χ0v) is 14.0. The van der Waals surface area contributed by atoms with E-state index in [0.29, 0.717) is 18.5 Å². The number of benzene rings is 2. The Morgan fingerprint density at radius 1 is 1.21 bits per heavy atom. The van der Waals surface area contributed by atoms with E-state index in [2.05, 4.69) is 0 Å². The maximum atomic E-state index is 11.8. The van der Waals surface area contributed by atoms with Gasteiger partial charge in [-0.1, -0.05) is 24.3 Å². The molecule has 1 heterocycles. The second-order valence-electron chi connectivity index (χ2n) is 6.09. The Morgan fingerprint density at radius 2 is 2.04 bits per heavy atom. The first-order valence-corrected chi connectivity index (χ1v) is 8.14. The van der Waals surface area contributed by atoms with E-state index in [0.717, 1.165) is 35.4 Å². The number of methoxy groups -OCH3 is 1. The van der Waals surface area contributed by atoms with Gasteiger partial charge < -0.3 is 9.64 Å². The average molecular weight is 323 g/mol. The molecule has 0 bridgehead atoms. The zero-order chi connectivity index (χ0) is 17.1. The molecule has 1 saturated heterocycles. The highest BCUT2D eigenvalue weighted by molar-refractivity contribution is 5.95. The molecule has 0 unspecified atom stereocenters. The number of nitrogens with zero attached hydrogens (tertiary/aromatic N) is 1. The molecule has 0 saturated carbocycles. The van der Waals surface area contributed by atoms with Gasteiger partial charge in [-0.25, -0.2) is 0 Å². The average Bonchev–Trinajstić information content (AvgIpc) is 3.00. The van der Waals surface area contributed by atoms with Crippen molar-refractivity contribution < 1.29 is 14.3 Å². The first-order valence-electron chi connectivity index (χ1n) is 8.14. The Hall–Kier alpha value is -2.62. The number of hydrogen-bond acceptors (Lipinski definition) is 3. The molecule has 24 heavy (non-hydrogen) atoms. The fourth-order valence-electron chi connectivity index (χ4n) is 3.08. The number of Topliss-reactive ketones (excluding diaryl/α,β-unsaturated/α-hetero) is 1. The quantitative estimate of drug-likeness (QED) is 0.789. The lowest BCUT2D eigenvalue weighted by molar-refractivity contribution is -0.128. The van der Waals surface area contributed by atoms with Crippen molar-refractivity contribution in [2.45, 2.75) is 26.3 Å². The minimum absolute atomic E-state index is 0.0367. The van der Waals surface area contributed by atoms with Gasteiger partial charge in [0.25, 0.3) is 0 Å². The van der Waals surface area contributed by atoms with E-state index < -0.39 is 0 Å². The lowest BCUT2D eigenvalue weighted by Gasteiger charge is -2.17. The van der Waals surface area contributed by atoms with Crippen molar-refractivity contribution in [1.82, 2.24) is 4.90 Å². The van der Waals surface area contributed by atoms with Crippen LogP contribution in [0.5, 0.6) is 5.75 Å². The van der Waals surface area contributed by atoms with Crippen molar-refractivity contribution in [3.63, 3.8) is 0 Å². The molecule has 1 fully saturated rings. The van der Waals surface area contributed by atoms with Gasteiger partial charge >= 0.3 is 0 Å². The summed E-state index contributed by atoms with van der Waals surface area (Å²) in [7, 11) is 1.64. The fourth-order valence-corrected chi connectivity index (χ4v) is 3.08. The summed E-state index contributed by atoms with van der Waals surface area (Å²) in [5.41, 5.74) is 3.61. The second kappa shape index (κ2) is 6.87. The zero-order valence-electron chi connectivity index (χ0n) is 14.0. The largest absolute Gasteiger partial charge is 0.496 e. The molecule has 2 aromatic carbocycles. The topological polar surface area (TPSA) is 46.6 Å². The van der Waals surface area contributed by atoms with Crippen LogP contribution >= 0.6 is 0 Å². The molecular weight excluding hydrogens is 302 g/mol. The van der Waals surface area contributed by atoms with Gasteiger partial charge in [-0.2, -0.15) is 0 Å². The van der Waals surface area contributed by atoms with Crippen LogP contribution in [-0.2, 0) is 11.3 Å². The van der Waals surface area contributed by atoms with E-state index in [1.165, 1.54) is 0 Å². The highest BCUT2D eigenvalue weighted by atomic mass is 16.5. The minimum Gasteiger partial charge on any atom is -0.496 e. The van der Waals surface area contributed by atoms with Crippen molar-refractivity contribution in [1.29, 1.82) is 0 Å². The summed E-state index contributed by atoms with van der Waals surface area (Å²) in [6.07, 6.45) is 1.58. The Morgan fingerprint density at radius 3 is 2.71 bits per heavy atom. The third-order valence-corrected chi connectivity index (χ3v) is 4.39. The predicted octanol–water partition coefficient (Wildman–Crippen LogP) is 3.69. The summed E-state index contributed by atoms with van der Waals surface area (Å²) in [4.78, 5) is 25.4. The number of hydrogen-bond donors (Lipinski definition) is 0. The third-order valence-electron chi connectivity index (χ3n) is 4.39. The standard InChI is InChI=1S/C20H21NO3/c1-14(22)16-5-3-6-17(12-16)18-11-15(8-9-19(18)24-2)13-21-10-4-7-20(21)23/h3,5-6,8-9,11-12H,4,7,10,13H2,1-2H3. The maximum Gasteiger partial charge on any atom is 0.222 e. The van der Waals surface area contributed by atoms with E-state index in [1.807, 2.05) is 47.4 Å². The van der Waals surface area contributed by atoms with Crippen molar-refractivity contribution >= 4 is 11.7 Å². The number of amides is 1. The summed E-state index contributed by atoms with van der Waals surface area (Å²) in [6.45, 7) is 2.99. The van der Waals surface area contributed by atoms with E-state index in [4.69, 9.17) is 4.74 Å². The number of carbonyl (C=O) groups is 2. The molecule has 0 aliphatic carbocycles. The molecule has 2 aromatic rings. The van der Waals surface area contributed by atoms with Crippen LogP contribution in [0, 0.1) is 0 Å². The lowest BCUT2D eigenvalue weighted by Crippen LogP contribution is -2.23. The van der Waals surface area contributed by atoms with Crippen LogP contribution in [-0.4, -0.2) is 30.2 Å². The van der Waals surface area contributed by atoms with Gasteiger partial charge in [0.05, 0.1) is 7.11 Å². The first-order chi connectivity index (χ1) is 11.6. The Bertz CT molecular complexity index is 782. The minimum atomic E-state index is 0.0367. The smallest absolute Gasteiger partial charge is 0.222 e. The van der Waals surface area contributed by atoms with Crippen molar-refractivity contribution in [3.8, 4) is 16.9 Å². The van der Waals surface area contributed by atoms with E-state index in [1.54, 1.807) is 14.0 Å². The molecule has 3 rings (SSSR count). The van der Waals surface area contributed by atoms with Gasteiger partial charge in [-0.3, -0.25) is 9.59 Å². The normalized spacial score (nSPS) is 14.1. The van der Waals surface area contributed by atoms with Crippen LogP contribution in [0.1, 0.15) is 35.7 Å². The SMILES string of the molecule is COc1ccc(CN2CCCC2=O)cc1-c1cccc(C(C)=O)c1.